The van der Waals surface area contributed by atoms with Gasteiger partial charge in [0.15, 0.2) is 17.2 Å². The molecule has 0 spiro atoms. The molecule has 0 amide bonds. The maximum Gasteiger partial charge on any atom is 0.338 e. The van der Waals surface area contributed by atoms with E-state index in [1.165, 1.54) is 0 Å². The average Bonchev–Trinajstić information content (AvgIpc) is 3.31. The number of nitrogens with zero attached hydrogens (tertiary/aromatic N) is 3. The number of esters is 2. The van der Waals surface area contributed by atoms with Crippen molar-refractivity contribution in [2.45, 2.75) is 31.0 Å². The summed E-state index contributed by atoms with van der Waals surface area (Å²) in [7, 11) is 1.57. The van der Waals surface area contributed by atoms with Crippen LogP contribution in [0.3, 0.4) is 0 Å². The molecule has 9 nitrogen and oxygen atoms in total. The summed E-state index contributed by atoms with van der Waals surface area (Å²) in [5.74, 6) is 0.378. The maximum atomic E-state index is 12.8. The minimum absolute atomic E-state index is 0.191. The number of hydrogen-bond acceptors (Lipinski definition) is 8. The fourth-order valence-electron chi connectivity index (χ4n) is 4.00. The Morgan fingerprint density at radius 3 is 2.77 bits per heavy atom. The Hall–Kier alpha value is -3.46. The Morgan fingerprint density at radius 2 is 2.06 bits per heavy atom. The molecule has 6 rings (SSSR count). The Balaban J connectivity index is 1.44. The van der Waals surface area contributed by atoms with Gasteiger partial charge in [-0.05, 0) is 37.1 Å². The van der Waals surface area contributed by atoms with Crippen molar-refractivity contribution in [3.8, 4) is 17.0 Å². The van der Waals surface area contributed by atoms with Gasteiger partial charge in [-0.25, -0.2) is 14.3 Å². The van der Waals surface area contributed by atoms with E-state index in [1.54, 1.807) is 17.7 Å². The van der Waals surface area contributed by atoms with Gasteiger partial charge in [-0.3, -0.25) is 4.79 Å². The molecule has 1 aromatic carbocycles. The van der Waals surface area contributed by atoms with Gasteiger partial charge in [0, 0.05) is 11.1 Å². The van der Waals surface area contributed by atoms with Gasteiger partial charge in [0.1, 0.15) is 18.1 Å². The number of fused-ring (bicyclic) bond motifs is 2. The van der Waals surface area contributed by atoms with Gasteiger partial charge in [-0.15, -0.1) is 5.10 Å². The van der Waals surface area contributed by atoms with E-state index in [2.05, 4.69) is 4.98 Å². The second kappa shape index (κ2) is 6.52. The highest BCUT2D eigenvalue weighted by atomic mass is 16.6. The molecule has 3 aromatic rings. The van der Waals surface area contributed by atoms with Crippen molar-refractivity contribution in [2.24, 2.45) is 0 Å². The number of ether oxygens (including phenoxy) is 4. The van der Waals surface area contributed by atoms with Gasteiger partial charge < -0.3 is 18.9 Å². The van der Waals surface area contributed by atoms with Crippen LogP contribution in [-0.4, -0.2) is 53.0 Å². The lowest BCUT2D eigenvalue weighted by molar-refractivity contribution is -0.175. The first-order chi connectivity index (χ1) is 15.1. The largest absolute Gasteiger partial charge is 0.493 e. The summed E-state index contributed by atoms with van der Waals surface area (Å²) >= 11 is 0. The maximum absolute atomic E-state index is 12.8. The second-order valence-corrected chi connectivity index (χ2v) is 8.05. The molecule has 31 heavy (non-hydrogen) atoms. The molecule has 2 fully saturated rings. The predicted molar refractivity (Wildman–Crippen MR) is 106 cm³/mol. The van der Waals surface area contributed by atoms with Gasteiger partial charge in [0.2, 0.25) is 0 Å². The fraction of sp³-hybridized carbons (Fsp3) is 0.364. The average molecular weight is 421 g/mol. The van der Waals surface area contributed by atoms with E-state index in [4.69, 9.17) is 24.0 Å². The van der Waals surface area contributed by atoms with Crippen LogP contribution in [-0.2, 0) is 31.0 Å². The monoisotopic (exact) mass is 421 g/mol. The van der Waals surface area contributed by atoms with E-state index in [0.717, 1.165) is 16.8 Å². The second-order valence-electron chi connectivity index (χ2n) is 8.05. The quantitative estimate of drug-likeness (QED) is 0.577. The van der Waals surface area contributed by atoms with Crippen molar-refractivity contribution in [1.82, 2.24) is 14.6 Å². The zero-order chi connectivity index (χ0) is 21.2. The summed E-state index contributed by atoms with van der Waals surface area (Å²) < 4.78 is 22.9. The molecule has 158 valence electrons. The summed E-state index contributed by atoms with van der Waals surface area (Å²) in [5, 5.41) is 4.71. The van der Waals surface area contributed by atoms with Crippen LogP contribution in [0.5, 0.6) is 5.75 Å². The molecule has 0 N–H and O–H groups in total. The first-order valence-electron chi connectivity index (χ1n) is 10.1. The molecule has 0 atom stereocenters. The topological polar surface area (TPSA) is 101 Å². The molecule has 4 heterocycles. The summed E-state index contributed by atoms with van der Waals surface area (Å²) in [6, 6.07) is 9.23. The van der Waals surface area contributed by atoms with Crippen LogP contribution >= 0.6 is 0 Å². The Bertz CT molecular complexity index is 1240. The molecule has 2 aliphatic heterocycles. The van der Waals surface area contributed by atoms with E-state index >= 15 is 0 Å². The van der Waals surface area contributed by atoms with Gasteiger partial charge in [-0.1, -0.05) is 6.07 Å². The number of pyridine rings is 1. The third kappa shape index (κ3) is 2.73. The number of hydrogen-bond donors (Lipinski definition) is 0. The SMILES string of the molecule is COc1ccc(-c2ccc3c(c2)COC3=O)n2nc(C3(C(=O)OC4COC4)CC3)nc12. The van der Waals surface area contributed by atoms with Crippen LogP contribution in [0.1, 0.15) is 34.6 Å². The Kier molecular flexibility index (Phi) is 3.85. The lowest BCUT2D eigenvalue weighted by Crippen LogP contribution is -2.40. The molecule has 1 saturated carbocycles. The van der Waals surface area contributed by atoms with E-state index in [0.29, 0.717) is 48.8 Å². The van der Waals surface area contributed by atoms with Crippen molar-refractivity contribution in [2.75, 3.05) is 20.3 Å². The number of benzene rings is 1. The van der Waals surface area contributed by atoms with Crippen molar-refractivity contribution < 1.29 is 28.5 Å². The van der Waals surface area contributed by atoms with Gasteiger partial charge in [0.25, 0.3) is 0 Å². The first kappa shape index (κ1) is 18.3. The molecular formula is C22H19N3O6. The standard InChI is InChI=1S/C22H19N3O6/c1-28-17-5-4-16(12-2-3-15-13(8-12)9-30-19(15)26)25-18(17)23-20(24-25)22(6-7-22)21(27)31-14-10-29-11-14/h2-5,8,14H,6-7,9-11H2,1H3. The lowest BCUT2D eigenvalue weighted by Gasteiger charge is -2.27. The van der Waals surface area contributed by atoms with Crippen LogP contribution in [0.15, 0.2) is 30.3 Å². The highest BCUT2D eigenvalue weighted by Crippen LogP contribution is 2.48. The zero-order valence-corrected chi connectivity index (χ0v) is 16.8. The van der Waals surface area contributed by atoms with Crippen LogP contribution in [0.4, 0.5) is 0 Å². The van der Waals surface area contributed by atoms with E-state index in [-0.39, 0.29) is 24.6 Å². The van der Waals surface area contributed by atoms with Crippen molar-refractivity contribution in [3.63, 3.8) is 0 Å². The molecule has 3 aliphatic rings. The van der Waals surface area contributed by atoms with E-state index < -0.39 is 5.41 Å². The highest BCUT2D eigenvalue weighted by Gasteiger charge is 2.57. The number of aromatic nitrogens is 3. The van der Waals surface area contributed by atoms with Crippen LogP contribution in [0.25, 0.3) is 16.9 Å². The third-order valence-electron chi connectivity index (χ3n) is 6.10. The number of carbonyl (C=O) groups excluding carboxylic acids is 2. The molecule has 0 unspecified atom stereocenters. The van der Waals surface area contributed by atoms with Gasteiger partial charge in [0.05, 0.1) is 31.6 Å². The van der Waals surface area contributed by atoms with Gasteiger partial charge >= 0.3 is 11.9 Å². The van der Waals surface area contributed by atoms with E-state index in [9.17, 15) is 9.59 Å². The van der Waals surface area contributed by atoms with Gasteiger partial charge in [-0.2, -0.15) is 0 Å². The predicted octanol–water partition coefficient (Wildman–Crippen LogP) is 2.05. The molecule has 2 aromatic heterocycles. The smallest absolute Gasteiger partial charge is 0.338 e. The van der Waals surface area contributed by atoms with Crippen LogP contribution < -0.4 is 4.74 Å². The molecule has 0 bridgehead atoms. The Labute approximate surface area is 176 Å². The first-order valence-corrected chi connectivity index (χ1v) is 10.1. The molecule has 0 radical (unpaired) electrons. The molecular weight excluding hydrogens is 402 g/mol. The number of cyclic esters (lactones) is 1. The number of methoxy groups -OCH3 is 1. The summed E-state index contributed by atoms with van der Waals surface area (Å²) in [5.41, 5.74) is 2.74. The minimum Gasteiger partial charge on any atom is -0.493 e. The fourth-order valence-corrected chi connectivity index (χ4v) is 4.00. The molecule has 9 heteroatoms. The normalized spacial score (nSPS) is 18.9. The van der Waals surface area contributed by atoms with E-state index in [1.807, 2.05) is 24.3 Å². The third-order valence-corrected chi connectivity index (χ3v) is 6.10. The highest BCUT2D eigenvalue weighted by molar-refractivity contribution is 5.94. The lowest BCUT2D eigenvalue weighted by atomic mass is 10.0. The van der Waals surface area contributed by atoms with Crippen molar-refractivity contribution >= 4 is 17.6 Å². The Morgan fingerprint density at radius 1 is 1.23 bits per heavy atom. The van der Waals surface area contributed by atoms with Crippen molar-refractivity contribution in [1.29, 1.82) is 0 Å². The number of rotatable bonds is 5. The minimum atomic E-state index is -0.817. The summed E-state index contributed by atoms with van der Waals surface area (Å²) in [6.45, 7) is 1.12. The van der Waals surface area contributed by atoms with Crippen LogP contribution in [0.2, 0.25) is 0 Å². The summed E-state index contributed by atoms with van der Waals surface area (Å²) in [4.78, 5) is 29.3. The molecule has 1 saturated heterocycles. The molecule has 1 aliphatic carbocycles. The number of carbonyl (C=O) groups is 2. The van der Waals surface area contributed by atoms with Crippen LogP contribution in [0, 0.1) is 0 Å². The van der Waals surface area contributed by atoms with Crippen molar-refractivity contribution in [3.05, 3.63) is 47.3 Å². The summed E-state index contributed by atoms with van der Waals surface area (Å²) in [6.07, 6.45) is 1.10. The zero-order valence-electron chi connectivity index (χ0n) is 16.8.